The largest absolute Gasteiger partial charge is 0.462 e. The van der Waals surface area contributed by atoms with Crippen molar-refractivity contribution in [1.82, 2.24) is 0 Å². The van der Waals surface area contributed by atoms with Crippen LogP contribution in [0.2, 0.25) is 5.02 Å². The van der Waals surface area contributed by atoms with Crippen LogP contribution in [0.4, 0.5) is 5.69 Å². The molecule has 0 saturated heterocycles. The van der Waals surface area contributed by atoms with Crippen LogP contribution in [0, 0.1) is 5.41 Å². The molecule has 0 unspecified atom stereocenters. The third-order valence-corrected chi connectivity index (χ3v) is 2.06. The molecular weight excluding hydrogens is 230 g/mol. The molecule has 0 aliphatic heterocycles. The number of halogens is 1. The maximum atomic E-state index is 11.4. The van der Waals surface area contributed by atoms with Gasteiger partial charge in [-0.05, 0) is 25.1 Å². The fraction of sp³-hybridized carbons (Fsp3) is 0.200. The Kier molecular flexibility index (Phi) is 4.13. The average molecular weight is 242 g/mol. The highest BCUT2D eigenvalue weighted by Gasteiger charge is 2.11. The third kappa shape index (κ3) is 3.13. The van der Waals surface area contributed by atoms with Gasteiger partial charge in [-0.1, -0.05) is 11.6 Å². The summed E-state index contributed by atoms with van der Waals surface area (Å²) in [7, 11) is 0. The van der Waals surface area contributed by atoms with E-state index in [-0.39, 0.29) is 16.5 Å². The molecule has 1 rings (SSSR count). The van der Waals surface area contributed by atoms with Gasteiger partial charge in [0.15, 0.2) is 5.96 Å². The third-order valence-electron chi connectivity index (χ3n) is 1.74. The summed E-state index contributed by atoms with van der Waals surface area (Å²) in [6, 6.07) is 4.63. The van der Waals surface area contributed by atoms with Crippen molar-refractivity contribution in [2.75, 3.05) is 11.9 Å². The van der Waals surface area contributed by atoms with Crippen LogP contribution >= 0.6 is 11.6 Å². The van der Waals surface area contributed by atoms with Crippen LogP contribution in [0.5, 0.6) is 0 Å². The second-order valence-electron chi connectivity index (χ2n) is 2.95. The molecule has 0 aliphatic rings. The Morgan fingerprint density at radius 1 is 1.62 bits per heavy atom. The fourth-order valence-corrected chi connectivity index (χ4v) is 1.38. The highest BCUT2D eigenvalue weighted by Crippen LogP contribution is 2.21. The van der Waals surface area contributed by atoms with Gasteiger partial charge in [0.25, 0.3) is 0 Å². The summed E-state index contributed by atoms with van der Waals surface area (Å²) in [6.45, 7) is 2.01. The van der Waals surface area contributed by atoms with E-state index in [2.05, 4.69) is 5.32 Å². The number of benzene rings is 1. The van der Waals surface area contributed by atoms with Crippen molar-refractivity contribution < 1.29 is 9.53 Å². The minimum Gasteiger partial charge on any atom is -0.462 e. The Morgan fingerprint density at radius 3 is 2.81 bits per heavy atom. The van der Waals surface area contributed by atoms with Crippen molar-refractivity contribution >= 4 is 29.2 Å². The Morgan fingerprint density at radius 2 is 2.31 bits per heavy atom. The van der Waals surface area contributed by atoms with E-state index in [1.807, 2.05) is 0 Å². The lowest BCUT2D eigenvalue weighted by Gasteiger charge is -2.07. The van der Waals surface area contributed by atoms with Crippen molar-refractivity contribution in [3.8, 4) is 0 Å². The van der Waals surface area contributed by atoms with Gasteiger partial charge < -0.3 is 15.8 Å². The molecule has 0 aromatic heterocycles. The van der Waals surface area contributed by atoms with E-state index in [1.54, 1.807) is 13.0 Å². The highest BCUT2D eigenvalue weighted by atomic mass is 35.5. The summed E-state index contributed by atoms with van der Waals surface area (Å²) in [5, 5.41) is 9.86. The summed E-state index contributed by atoms with van der Waals surface area (Å²) in [6.07, 6.45) is 0. The Hall–Kier alpha value is -1.75. The second kappa shape index (κ2) is 5.37. The molecule has 0 heterocycles. The number of rotatable bonds is 3. The molecule has 86 valence electrons. The van der Waals surface area contributed by atoms with E-state index in [0.717, 1.165) is 0 Å². The fourth-order valence-electron chi connectivity index (χ4n) is 1.12. The molecule has 6 heteroatoms. The van der Waals surface area contributed by atoms with E-state index >= 15 is 0 Å². The topological polar surface area (TPSA) is 88.2 Å². The molecule has 0 bridgehead atoms. The zero-order chi connectivity index (χ0) is 12.1. The summed E-state index contributed by atoms with van der Waals surface area (Å²) in [4.78, 5) is 11.4. The predicted molar refractivity (Wildman–Crippen MR) is 62.9 cm³/mol. The van der Waals surface area contributed by atoms with Gasteiger partial charge in [0.05, 0.1) is 17.2 Å². The monoisotopic (exact) mass is 241 g/mol. The second-order valence-corrected chi connectivity index (χ2v) is 3.36. The van der Waals surface area contributed by atoms with Gasteiger partial charge in [-0.25, -0.2) is 4.79 Å². The van der Waals surface area contributed by atoms with E-state index < -0.39 is 5.97 Å². The van der Waals surface area contributed by atoms with Gasteiger partial charge in [-0.15, -0.1) is 0 Å². The van der Waals surface area contributed by atoms with Crippen molar-refractivity contribution in [3.63, 3.8) is 0 Å². The van der Waals surface area contributed by atoms with E-state index in [9.17, 15) is 4.79 Å². The van der Waals surface area contributed by atoms with Crippen LogP contribution in [0.1, 0.15) is 17.3 Å². The number of nitrogens with two attached hydrogens (primary N) is 1. The quantitative estimate of drug-likeness (QED) is 0.428. The van der Waals surface area contributed by atoms with Crippen molar-refractivity contribution in [2.24, 2.45) is 5.73 Å². The van der Waals surface area contributed by atoms with Crippen molar-refractivity contribution in [3.05, 3.63) is 28.8 Å². The first-order valence-electron chi connectivity index (χ1n) is 4.62. The van der Waals surface area contributed by atoms with Crippen LogP contribution in [-0.2, 0) is 4.74 Å². The number of anilines is 1. The van der Waals surface area contributed by atoms with Gasteiger partial charge in [-0.2, -0.15) is 0 Å². The van der Waals surface area contributed by atoms with Crippen LogP contribution in [0.3, 0.4) is 0 Å². The average Bonchev–Trinajstić information content (AvgIpc) is 2.16. The molecule has 5 nitrogen and oxygen atoms in total. The first-order chi connectivity index (χ1) is 7.54. The number of hydrogen-bond acceptors (Lipinski definition) is 3. The number of esters is 1. The van der Waals surface area contributed by atoms with Gasteiger partial charge in [-0.3, -0.25) is 5.41 Å². The first kappa shape index (κ1) is 12.3. The molecule has 0 spiro atoms. The molecular formula is C10H12ClN3O2. The number of hydrogen-bond donors (Lipinski definition) is 3. The highest BCUT2D eigenvalue weighted by molar-refractivity contribution is 6.33. The molecule has 0 radical (unpaired) electrons. The SMILES string of the molecule is CCOC(=O)c1ccc(NC(=N)N)cc1Cl. The lowest BCUT2D eigenvalue weighted by Crippen LogP contribution is -2.20. The molecule has 4 N–H and O–H groups in total. The van der Waals surface area contributed by atoms with Crippen LogP contribution in [0.25, 0.3) is 0 Å². The lowest BCUT2D eigenvalue weighted by molar-refractivity contribution is 0.0526. The van der Waals surface area contributed by atoms with Gasteiger partial charge in [0, 0.05) is 5.69 Å². The Bertz CT molecular complexity index is 421. The zero-order valence-corrected chi connectivity index (χ0v) is 9.47. The number of guanidine groups is 1. The van der Waals surface area contributed by atoms with Gasteiger partial charge in [0.2, 0.25) is 0 Å². The number of carbonyl (C=O) groups is 1. The van der Waals surface area contributed by atoms with E-state index in [4.69, 9.17) is 27.5 Å². The summed E-state index contributed by atoms with van der Waals surface area (Å²) in [5.41, 5.74) is 5.99. The minimum absolute atomic E-state index is 0.194. The normalized spacial score (nSPS) is 9.62. The molecule has 0 fully saturated rings. The maximum Gasteiger partial charge on any atom is 0.339 e. The van der Waals surface area contributed by atoms with Crippen LogP contribution in [0.15, 0.2) is 18.2 Å². The summed E-state index contributed by atoms with van der Waals surface area (Å²) < 4.78 is 4.82. The van der Waals surface area contributed by atoms with Crippen LogP contribution < -0.4 is 11.1 Å². The summed E-state index contributed by atoms with van der Waals surface area (Å²) >= 11 is 5.89. The van der Waals surface area contributed by atoms with Crippen LogP contribution in [-0.4, -0.2) is 18.5 Å². The molecule has 0 atom stereocenters. The van der Waals surface area contributed by atoms with E-state index in [0.29, 0.717) is 12.3 Å². The zero-order valence-electron chi connectivity index (χ0n) is 8.71. The lowest BCUT2D eigenvalue weighted by atomic mass is 10.2. The van der Waals surface area contributed by atoms with Crippen molar-refractivity contribution in [1.29, 1.82) is 5.41 Å². The smallest absolute Gasteiger partial charge is 0.339 e. The Labute approximate surface area is 98.0 Å². The number of nitrogens with one attached hydrogen (secondary N) is 2. The molecule has 0 aliphatic carbocycles. The number of carbonyl (C=O) groups excluding carboxylic acids is 1. The molecule has 1 aromatic carbocycles. The van der Waals surface area contributed by atoms with Gasteiger partial charge >= 0.3 is 5.97 Å². The standard InChI is InChI=1S/C10H12ClN3O2/c1-2-16-9(15)7-4-3-6(5-8(7)11)14-10(12)13/h3-5H,2H2,1H3,(H4,12,13,14). The minimum atomic E-state index is -0.470. The number of ether oxygens (including phenoxy) is 1. The Balaban J connectivity index is 2.91. The maximum absolute atomic E-state index is 11.4. The van der Waals surface area contributed by atoms with Gasteiger partial charge in [0.1, 0.15) is 0 Å². The first-order valence-corrected chi connectivity index (χ1v) is 5.00. The van der Waals surface area contributed by atoms with E-state index in [1.165, 1.54) is 12.1 Å². The molecule has 0 amide bonds. The molecule has 1 aromatic rings. The molecule has 16 heavy (non-hydrogen) atoms. The predicted octanol–water partition coefficient (Wildman–Crippen LogP) is 1.82. The van der Waals surface area contributed by atoms with Crippen molar-refractivity contribution in [2.45, 2.75) is 6.92 Å². The molecule has 0 saturated carbocycles. The summed E-state index contributed by atoms with van der Waals surface area (Å²) in [5.74, 6) is -0.665.